The molecule has 1 aromatic carbocycles. The van der Waals surface area contributed by atoms with Crippen LogP contribution in [0.5, 0.6) is 0 Å². The molecule has 3 rings (SSSR count). The van der Waals surface area contributed by atoms with Gasteiger partial charge in [0.1, 0.15) is 6.04 Å². The van der Waals surface area contributed by atoms with Crippen molar-refractivity contribution in [3.05, 3.63) is 30.3 Å². The molecule has 8 nitrogen and oxygen atoms in total. The third-order valence-electron chi connectivity index (χ3n) is 4.21. The van der Waals surface area contributed by atoms with E-state index in [4.69, 9.17) is 5.73 Å². The van der Waals surface area contributed by atoms with Gasteiger partial charge in [0.15, 0.2) is 0 Å². The molecule has 126 valence electrons. The molecular weight excluding hydrogens is 310 g/mol. The SMILES string of the molecule is CC1N=C(C(=O)N2CCC(C(N)=O)C2)NN(c2ccccc2)C1=O. The van der Waals surface area contributed by atoms with E-state index in [2.05, 4.69) is 10.4 Å². The lowest BCUT2D eigenvalue weighted by molar-refractivity contribution is -0.124. The fourth-order valence-electron chi connectivity index (χ4n) is 2.82. The van der Waals surface area contributed by atoms with Crippen molar-refractivity contribution >= 4 is 29.2 Å². The molecule has 1 saturated heterocycles. The lowest BCUT2D eigenvalue weighted by atomic mass is 10.1. The van der Waals surface area contributed by atoms with Gasteiger partial charge in [-0.15, -0.1) is 0 Å². The first-order valence-electron chi connectivity index (χ1n) is 7.79. The average molecular weight is 329 g/mol. The van der Waals surface area contributed by atoms with Gasteiger partial charge in [-0.05, 0) is 25.5 Å². The number of hydrazine groups is 1. The van der Waals surface area contributed by atoms with Crippen LogP contribution < -0.4 is 16.2 Å². The molecule has 0 aliphatic carbocycles. The van der Waals surface area contributed by atoms with E-state index in [-0.39, 0.29) is 30.1 Å². The molecule has 3 amide bonds. The van der Waals surface area contributed by atoms with E-state index in [1.807, 2.05) is 6.07 Å². The molecule has 0 spiro atoms. The summed E-state index contributed by atoms with van der Waals surface area (Å²) in [7, 11) is 0. The van der Waals surface area contributed by atoms with Crippen molar-refractivity contribution in [1.29, 1.82) is 0 Å². The molecule has 0 saturated carbocycles. The fourth-order valence-corrected chi connectivity index (χ4v) is 2.82. The Morgan fingerprint density at radius 1 is 1.29 bits per heavy atom. The molecule has 2 atom stereocenters. The Labute approximate surface area is 139 Å². The number of aliphatic imine (C=N–C) groups is 1. The normalized spacial score (nSPS) is 23.7. The lowest BCUT2D eigenvalue weighted by Crippen LogP contribution is -2.58. The number of nitrogens with two attached hydrogens (primary N) is 1. The van der Waals surface area contributed by atoms with Crippen LogP contribution in [0.15, 0.2) is 35.3 Å². The van der Waals surface area contributed by atoms with Gasteiger partial charge in [0.2, 0.25) is 11.7 Å². The summed E-state index contributed by atoms with van der Waals surface area (Å²) in [6, 6.07) is 8.32. The van der Waals surface area contributed by atoms with E-state index < -0.39 is 11.9 Å². The Balaban J connectivity index is 1.78. The number of primary amides is 1. The summed E-state index contributed by atoms with van der Waals surface area (Å²) in [5.74, 6) is -1.22. The molecule has 1 aromatic rings. The molecule has 0 aromatic heterocycles. The highest BCUT2D eigenvalue weighted by atomic mass is 16.2. The minimum atomic E-state index is -0.667. The minimum absolute atomic E-state index is 0.0936. The molecule has 2 aliphatic heterocycles. The lowest BCUT2D eigenvalue weighted by Gasteiger charge is -2.31. The van der Waals surface area contributed by atoms with E-state index in [9.17, 15) is 14.4 Å². The maximum absolute atomic E-state index is 12.6. The van der Waals surface area contributed by atoms with E-state index in [1.165, 1.54) is 9.91 Å². The zero-order chi connectivity index (χ0) is 17.3. The number of anilines is 1. The van der Waals surface area contributed by atoms with Gasteiger partial charge in [0, 0.05) is 13.1 Å². The zero-order valence-corrected chi connectivity index (χ0v) is 13.3. The second-order valence-electron chi connectivity index (χ2n) is 5.91. The summed E-state index contributed by atoms with van der Waals surface area (Å²) in [6.45, 7) is 2.37. The Kier molecular flexibility index (Phi) is 4.20. The summed E-state index contributed by atoms with van der Waals surface area (Å²) < 4.78 is 0. The van der Waals surface area contributed by atoms with Crippen molar-refractivity contribution in [3.8, 4) is 0 Å². The molecule has 2 unspecified atom stereocenters. The van der Waals surface area contributed by atoms with Crippen molar-refractivity contribution in [1.82, 2.24) is 10.3 Å². The molecule has 1 fully saturated rings. The summed E-state index contributed by atoms with van der Waals surface area (Å²) in [5, 5.41) is 1.33. The van der Waals surface area contributed by atoms with Gasteiger partial charge >= 0.3 is 0 Å². The summed E-state index contributed by atoms with van der Waals surface area (Å²) in [4.78, 5) is 41.9. The van der Waals surface area contributed by atoms with Crippen LogP contribution in [-0.2, 0) is 14.4 Å². The first kappa shape index (κ1) is 16.0. The number of amides is 3. The van der Waals surface area contributed by atoms with Crippen molar-refractivity contribution in [2.45, 2.75) is 19.4 Å². The summed E-state index contributed by atoms with van der Waals surface area (Å²) >= 11 is 0. The van der Waals surface area contributed by atoms with E-state index >= 15 is 0 Å². The van der Waals surface area contributed by atoms with Crippen molar-refractivity contribution in [2.24, 2.45) is 16.6 Å². The van der Waals surface area contributed by atoms with Crippen LogP contribution in [0, 0.1) is 5.92 Å². The number of likely N-dealkylation sites (tertiary alicyclic amines) is 1. The molecule has 0 bridgehead atoms. The van der Waals surface area contributed by atoms with E-state index in [0.29, 0.717) is 18.7 Å². The second-order valence-corrected chi connectivity index (χ2v) is 5.91. The molecule has 8 heteroatoms. The summed E-state index contributed by atoms with van der Waals surface area (Å²) in [6.07, 6.45) is 0.547. The van der Waals surface area contributed by atoms with E-state index in [0.717, 1.165) is 0 Å². The Morgan fingerprint density at radius 3 is 2.62 bits per heavy atom. The molecule has 24 heavy (non-hydrogen) atoms. The number of benzene rings is 1. The fraction of sp³-hybridized carbons (Fsp3) is 0.375. The maximum Gasteiger partial charge on any atom is 0.290 e. The van der Waals surface area contributed by atoms with Crippen LogP contribution in [0.4, 0.5) is 5.69 Å². The highest BCUT2D eigenvalue weighted by molar-refractivity contribution is 6.39. The van der Waals surface area contributed by atoms with Crippen LogP contribution in [0.25, 0.3) is 0 Å². The van der Waals surface area contributed by atoms with Gasteiger partial charge in [-0.3, -0.25) is 19.8 Å². The number of hydrogen-bond donors (Lipinski definition) is 2. The maximum atomic E-state index is 12.6. The largest absolute Gasteiger partial charge is 0.369 e. The number of carbonyl (C=O) groups excluding carboxylic acids is 3. The van der Waals surface area contributed by atoms with Gasteiger partial charge in [0.25, 0.3) is 11.8 Å². The highest BCUT2D eigenvalue weighted by Gasteiger charge is 2.36. The average Bonchev–Trinajstić information content (AvgIpc) is 3.07. The van der Waals surface area contributed by atoms with Gasteiger partial charge in [-0.2, -0.15) is 0 Å². The monoisotopic (exact) mass is 329 g/mol. The number of carbonyl (C=O) groups is 3. The number of hydrogen-bond acceptors (Lipinski definition) is 5. The first-order chi connectivity index (χ1) is 11.5. The Morgan fingerprint density at radius 2 is 2.00 bits per heavy atom. The number of rotatable bonds is 3. The van der Waals surface area contributed by atoms with Gasteiger partial charge < -0.3 is 10.6 Å². The number of para-hydroxylation sites is 1. The Hall–Kier alpha value is -2.90. The quantitative estimate of drug-likeness (QED) is 0.791. The van der Waals surface area contributed by atoms with Crippen molar-refractivity contribution < 1.29 is 14.4 Å². The highest BCUT2D eigenvalue weighted by Crippen LogP contribution is 2.19. The van der Waals surface area contributed by atoms with Crippen LogP contribution in [0.1, 0.15) is 13.3 Å². The Bertz CT molecular complexity index is 703. The molecule has 0 radical (unpaired) electrons. The standard InChI is InChI=1S/C16H19N5O3/c1-10-15(23)21(12-5-3-2-4-6-12)19-14(18-10)16(24)20-8-7-11(9-20)13(17)22/h2-6,10-11H,7-9H2,1H3,(H2,17,22)(H,18,19). The number of nitrogens with zero attached hydrogens (tertiary/aromatic N) is 3. The molecular formula is C16H19N5O3. The van der Waals surface area contributed by atoms with Gasteiger partial charge in [0.05, 0.1) is 11.6 Å². The van der Waals surface area contributed by atoms with Gasteiger partial charge in [-0.1, -0.05) is 18.2 Å². The van der Waals surface area contributed by atoms with Crippen molar-refractivity contribution in [3.63, 3.8) is 0 Å². The molecule has 2 aliphatic rings. The van der Waals surface area contributed by atoms with Crippen LogP contribution in [-0.4, -0.2) is 47.6 Å². The second kappa shape index (κ2) is 6.31. The third kappa shape index (κ3) is 2.94. The minimum Gasteiger partial charge on any atom is -0.369 e. The van der Waals surface area contributed by atoms with Crippen molar-refractivity contribution in [2.75, 3.05) is 18.1 Å². The topological polar surface area (TPSA) is 108 Å². The van der Waals surface area contributed by atoms with Crippen LogP contribution in [0.2, 0.25) is 0 Å². The third-order valence-corrected chi connectivity index (χ3v) is 4.21. The van der Waals surface area contributed by atoms with Crippen LogP contribution >= 0.6 is 0 Å². The van der Waals surface area contributed by atoms with Crippen LogP contribution in [0.3, 0.4) is 0 Å². The number of amidine groups is 1. The predicted molar refractivity (Wildman–Crippen MR) is 87.8 cm³/mol. The zero-order valence-electron chi connectivity index (χ0n) is 13.3. The molecule has 3 N–H and O–H groups in total. The smallest absolute Gasteiger partial charge is 0.290 e. The predicted octanol–water partition coefficient (Wildman–Crippen LogP) is -0.341. The van der Waals surface area contributed by atoms with Gasteiger partial charge in [-0.25, -0.2) is 10.0 Å². The molecule has 2 heterocycles. The number of nitrogens with one attached hydrogen (secondary N) is 1. The summed E-state index contributed by atoms with van der Waals surface area (Å²) in [5.41, 5.74) is 8.73. The first-order valence-corrected chi connectivity index (χ1v) is 7.79. The van der Waals surface area contributed by atoms with E-state index in [1.54, 1.807) is 31.2 Å².